The first-order valence-electron chi connectivity index (χ1n) is 14.8. The normalized spacial score (nSPS) is 18.0. The summed E-state index contributed by atoms with van der Waals surface area (Å²) in [5.41, 5.74) is 1.25. The highest BCUT2D eigenvalue weighted by Gasteiger charge is 2.44. The fraction of sp³-hybridized carbons (Fsp3) is 0.375. The van der Waals surface area contributed by atoms with Crippen LogP contribution in [0.5, 0.6) is 5.75 Å². The van der Waals surface area contributed by atoms with Crippen molar-refractivity contribution in [2.24, 2.45) is 0 Å². The molecule has 0 bridgehead atoms. The van der Waals surface area contributed by atoms with Crippen LogP contribution in [0, 0.1) is 29.1 Å². The van der Waals surface area contributed by atoms with E-state index in [1.807, 2.05) is 12.1 Å². The van der Waals surface area contributed by atoms with Gasteiger partial charge in [-0.2, -0.15) is 4.31 Å². The molecule has 1 atom stereocenters. The third-order valence-electron chi connectivity index (χ3n) is 8.66. The smallest absolute Gasteiger partial charge is 0.339 e. The number of rotatable bonds is 8. The molecule has 1 saturated heterocycles. The van der Waals surface area contributed by atoms with Gasteiger partial charge in [0.05, 0.1) is 6.54 Å². The Morgan fingerprint density at radius 2 is 1.39 bits per heavy atom. The SMILES string of the molecule is O=C(O)c1ccc(N(Cc2ccc(C3CCCCC3)cc2)C(=O)[C@@H]2CCCCN2S(=O)(=O)c2c(F)c(F)c(F)c(F)c2F)cc1O. The molecule has 1 saturated carbocycles. The Morgan fingerprint density at radius 1 is 0.804 bits per heavy atom. The van der Waals surface area contributed by atoms with Crippen LogP contribution >= 0.6 is 0 Å². The number of aromatic carboxylic acids is 1. The van der Waals surface area contributed by atoms with Gasteiger partial charge in [-0.05, 0) is 54.9 Å². The van der Waals surface area contributed by atoms with Gasteiger partial charge in [0.25, 0.3) is 0 Å². The van der Waals surface area contributed by atoms with Crippen molar-refractivity contribution in [3.05, 3.63) is 88.2 Å². The van der Waals surface area contributed by atoms with Crippen molar-refractivity contribution >= 4 is 27.6 Å². The zero-order valence-electron chi connectivity index (χ0n) is 24.5. The summed E-state index contributed by atoms with van der Waals surface area (Å²) in [7, 11) is -5.45. The first-order chi connectivity index (χ1) is 21.8. The van der Waals surface area contributed by atoms with Crippen LogP contribution in [-0.4, -0.2) is 47.4 Å². The molecule has 1 aliphatic carbocycles. The minimum Gasteiger partial charge on any atom is -0.507 e. The van der Waals surface area contributed by atoms with Crippen LogP contribution < -0.4 is 4.90 Å². The number of carbonyl (C=O) groups is 2. The van der Waals surface area contributed by atoms with Crippen LogP contribution in [0.15, 0.2) is 47.4 Å². The van der Waals surface area contributed by atoms with Crippen molar-refractivity contribution in [1.82, 2.24) is 4.31 Å². The maximum Gasteiger partial charge on any atom is 0.339 e. The van der Waals surface area contributed by atoms with E-state index in [1.165, 1.54) is 12.5 Å². The van der Waals surface area contributed by atoms with Crippen molar-refractivity contribution < 1.29 is 50.2 Å². The second-order valence-corrected chi connectivity index (χ2v) is 13.4. The number of halogens is 5. The monoisotopic (exact) mass is 666 g/mol. The molecule has 3 aromatic rings. The van der Waals surface area contributed by atoms with E-state index in [0.29, 0.717) is 22.2 Å². The lowest BCUT2D eigenvalue weighted by Crippen LogP contribution is -2.53. The molecule has 3 aromatic carbocycles. The maximum atomic E-state index is 14.7. The molecule has 2 aliphatic rings. The molecule has 246 valence electrons. The molecule has 2 fully saturated rings. The number of hydrogen-bond acceptors (Lipinski definition) is 5. The molecule has 0 radical (unpaired) electrons. The highest BCUT2D eigenvalue weighted by molar-refractivity contribution is 7.89. The lowest BCUT2D eigenvalue weighted by atomic mass is 9.84. The molecule has 0 unspecified atom stereocenters. The Kier molecular flexibility index (Phi) is 9.68. The Labute approximate surface area is 262 Å². The third kappa shape index (κ3) is 6.32. The van der Waals surface area contributed by atoms with Crippen molar-refractivity contribution in [3.8, 4) is 5.75 Å². The molecule has 1 amide bonds. The summed E-state index contributed by atoms with van der Waals surface area (Å²) in [4.78, 5) is 24.8. The van der Waals surface area contributed by atoms with Gasteiger partial charge in [-0.1, -0.05) is 49.9 Å². The zero-order chi connectivity index (χ0) is 33.3. The maximum absolute atomic E-state index is 14.7. The van der Waals surface area contributed by atoms with Crippen LogP contribution in [0.25, 0.3) is 0 Å². The zero-order valence-corrected chi connectivity index (χ0v) is 25.3. The molecule has 1 heterocycles. The molecular formula is C32H31F5N2O6S. The van der Waals surface area contributed by atoms with Crippen molar-refractivity contribution in [1.29, 1.82) is 0 Å². The minimum atomic E-state index is -5.45. The standard InChI is InChI=1S/C32H31F5N2O6S/c33-25-26(34)28(36)30(29(37)27(25)35)46(44,45)39-15-5-4-8-23(39)31(41)38(21-13-14-22(32(42)43)24(40)16-21)17-18-9-11-20(12-10-18)19-6-2-1-3-7-19/h9-14,16,19,23,40H,1-8,15,17H2,(H,42,43)/t23-/m0/s1. The Bertz CT molecular complexity index is 1730. The van der Waals surface area contributed by atoms with Crippen LogP contribution in [-0.2, 0) is 21.4 Å². The van der Waals surface area contributed by atoms with Gasteiger partial charge in [-0.3, -0.25) is 4.79 Å². The fourth-order valence-electron chi connectivity index (χ4n) is 6.23. The molecule has 14 heteroatoms. The van der Waals surface area contributed by atoms with Gasteiger partial charge in [-0.25, -0.2) is 35.2 Å². The molecule has 46 heavy (non-hydrogen) atoms. The average Bonchev–Trinajstić information content (AvgIpc) is 3.05. The summed E-state index contributed by atoms with van der Waals surface area (Å²) in [6, 6.07) is 9.13. The number of anilines is 1. The average molecular weight is 667 g/mol. The molecular weight excluding hydrogens is 635 g/mol. The van der Waals surface area contributed by atoms with Crippen molar-refractivity contribution in [2.45, 2.75) is 74.8 Å². The van der Waals surface area contributed by atoms with Gasteiger partial charge >= 0.3 is 5.97 Å². The summed E-state index contributed by atoms with van der Waals surface area (Å²) in [5.74, 6) is -15.1. The second kappa shape index (κ2) is 13.4. The molecule has 0 spiro atoms. The number of phenols is 1. The Hall–Kier alpha value is -4.04. The summed E-state index contributed by atoms with van der Waals surface area (Å²) >= 11 is 0. The third-order valence-corrected chi connectivity index (χ3v) is 10.6. The van der Waals surface area contributed by atoms with Crippen molar-refractivity contribution in [2.75, 3.05) is 11.4 Å². The van der Waals surface area contributed by atoms with E-state index in [4.69, 9.17) is 0 Å². The van der Waals surface area contributed by atoms with E-state index in [0.717, 1.165) is 48.3 Å². The fourth-order valence-corrected chi connectivity index (χ4v) is 7.99. The van der Waals surface area contributed by atoms with Gasteiger partial charge in [-0.15, -0.1) is 0 Å². The van der Waals surface area contributed by atoms with Crippen molar-refractivity contribution in [3.63, 3.8) is 0 Å². The number of sulfonamides is 1. The van der Waals surface area contributed by atoms with E-state index >= 15 is 0 Å². The van der Waals surface area contributed by atoms with Crippen LogP contribution in [0.4, 0.5) is 27.6 Å². The van der Waals surface area contributed by atoms with E-state index in [1.54, 1.807) is 12.1 Å². The van der Waals surface area contributed by atoms with Gasteiger partial charge in [0.2, 0.25) is 21.7 Å². The number of carboxylic acids is 1. The molecule has 8 nitrogen and oxygen atoms in total. The van der Waals surface area contributed by atoms with E-state index < -0.39 is 79.8 Å². The largest absolute Gasteiger partial charge is 0.507 e. The van der Waals surface area contributed by atoms with Crippen LogP contribution in [0.3, 0.4) is 0 Å². The topological polar surface area (TPSA) is 115 Å². The number of carboxylic acid groups (broad SMARTS) is 1. The van der Waals surface area contributed by atoms with E-state index in [2.05, 4.69) is 0 Å². The number of nitrogens with zero attached hydrogens (tertiary/aromatic N) is 2. The second-order valence-electron chi connectivity index (χ2n) is 11.5. The Morgan fingerprint density at radius 3 is 1.98 bits per heavy atom. The van der Waals surface area contributed by atoms with E-state index in [9.17, 15) is 50.2 Å². The number of amides is 1. The number of piperidine rings is 1. The van der Waals surface area contributed by atoms with Gasteiger partial charge in [0, 0.05) is 18.3 Å². The quantitative estimate of drug-likeness (QED) is 0.159. The summed E-state index contributed by atoms with van der Waals surface area (Å²) in [6.45, 7) is -0.631. The summed E-state index contributed by atoms with van der Waals surface area (Å²) in [6.07, 6.45) is 5.80. The van der Waals surface area contributed by atoms with Gasteiger partial charge in [0.1, 0.15) is 17.4 Å². The number of benzene rings is 3. The first kappa shape index (κ1) is 33.3. The Balaban J connectivity index is 1.54. The predicted molar refractivity (Wildman–Crippen MR) is 156 cm³/mol. The molecule has 2 N–H and O–H groups in total. The lowest BCUT2D eigenvalue weighted by molar-refractivity contribution is -0.123. The molecule has 1 aliphatic heterocycles. The lowest BCUT2D eigenvalue weighted by Gasteiger charge is -2.37. The number of aromatic hydroxyl groups is 1. The van der Waals surface area contributed by atoms with E-state index in [-0.39, 0.29) is 25.1 Å². The number of hydrogen-bond donors (Lipinski definition) is 2. The van der Waals surface area contributed by atoms with Crippen LogP contribution in [0.2, 0.25) is 0 Å². The highest BCUT2D eigenvalue weighted by atomic mass is 32.2. The molecule has 5 rings (SSSR count). The summed E-state index contributed by atoms with van der Waals surface area (Å²) in [5, 5.41) is 19.8. The van der Waals surface area contributed by atoms with Crippen LogP contribution in [0.1, 0.15) is 78.8 Å². The predicted octanol–water partition coefficient (Wildman–Crippen LogP) is 6.61. The minimum absolute atomic E-state index is 0.0111. The highest BCUT2D eigenvalue weighted by Crippen LogP contribution is 2.36. The molecule has 0 aromatic heterocycles. The van der Waals surface area contributed by atoms with Gasteiger partial charge in [0.15, 0.2) is 28.2 Å². The van der Waals surface area contributed by atoms with Gasteiger partial charge < -0.3 is 15.1 Å². The first-order valence-corrected chi connectivity index (χ1v) is 16.3. The summed E-state index contributed by atoms with van der Waals surface area (Å²) < 4.78 is 98.8. The number of carbonyl (C=O) groups excluding carboxylic acids is 1.